The maximum Gasteiger partial charge on any atom is 0.420 e. The van der Waals surface area contributed by atoms with E-state index in [1.54, 1.807) is 0 Å². The quantitative estimate of drug-likeness (QED) is 0.347. The summed E-state index contributed by atoms with van der Waals surface area (Å²) in [7, 11) is 0. The zero-order chi connectivity index (χ0) is 18.6. The second kappa shape index (κ2) is 7.29. The molecule has 2 aromatic rings. The molecule has 0 aliphatic heterocycles. The molecule has 0 spiro atoms. The van der Waals surface area contributed by atoms with Crippen LogP contribution in [0.5, 0.6) is 0 Å². The van der Waals surface area contributed by atoms with E-state index in [1.165, 1.54) is 30.3 Å². The average Bonchev–Trinajstić information content (AvgIpc) is 2.54. The highest BCUT2D eigenvalue weighted by atomic mass is 19.4. The van der Waals surface area contributed by atoms with Gasteiger partial charge in [-0.25, -0.2) is 9.37 Å². The number of nitrogens with zero attached hydrogens (tertiary/aromatic N) is 2. The Morgan fingerprint density at radius 2 is 1.96 bits per heavy atom. The average molecular weight is 355 g/mol. The Balaban J connectivity index is 2.43. The molecule has 0 amide bonds. The molecule has 0 saturated heterocycles. The molecule has 132 valence electrons. The molecule has 0 radical (unpaired) electrons. The van der Waals surface area contributed by atoms with Crippen LogP contribution in [0.3, 0.4) is 0 Å². The highest BCUT2D eigenvalue weighted by Gasteiger charge is 2.36. The number of anilines is 1. The van der Waals surface area contributed by atoms with Crippen molar-refractivity contribution in [1.29, 1.82) is 0 Å². The van der Waals surface area contributed by atoms with Crippen LogP contribution in [0.2, 0.25) is 0 Å². The molecular weight excluding hydrogens is 342 g/mol. The highest BCUT2D eigenvalue weighted by Crippen LogP contribution is 2.37. The van der Waals surface area contributed by atoms with Crippen molar-refractivity contribution >= 4 is 11.5 Å². The molecule has 1 N–H and O–H groups in total. The molecule has 25 heavy (non-hydrogen) atoms. The van der Waals surface area contributed by atoms with Crippen LogP contribution in [0.1, 0.15) is 23.6 Å². The van der Waals surface area contributed by atoms with Crippen molar-refractivity contribution in [3.05, 3.63) is 76.2 Å². The van der Waals surface area contributed by atoms with E-state index in [2.05, 4.69) is 16.9 Å². The van der Waals surface area contributed by atoms with Gasteiger partial charge in [-0.15, -0.1) is 6.58 Å². The summed E-state index contributed by atoms with van der Waals surface area (Å²) in [5, 5.41) is 13.3. The molecule has 0 bridgehead atoms. The molecular formula is C16H13F4N3O2. The van der Waals surface area contributed by atoms with Crippen LogP contribution in [0, 0.1) is 15.9 Å². The van der Waals surface area contributed by atoms with Crippen LogP contribution < -0.4 is 5.32 Å². The molecule has 9 heteroatoms. The molecule has 5 nitrogen and oxygen atoms in total. The predicted molar refractivity (Wildman–Crippen MR) is 83.5 cm³/mol. The minimum atomic E-state index is -4.83. The van der Waals surface area contributed by atoms with Crippen LogP contribution in [0.25, 0.3) is 0 Å². The van der Waals surface area contributed by atoms with Crippen molar-refractivity contribution in [2.24, 2.45) is 0 Å². The molecule has 1 unspecified atom stereocenters. The number of pyridine rings is 1. The van der Waals surface area contributed by atoms with Crippen LogP contribution >= 0.6 is 0 Å². The SMILES string of the molecule is C=CCC(Nc1ncc([N+](=O)[O-])cc1C(F)(F)F)c1ccc(F)cc1. The smallest absolute Gasteiger partial charge is 0.362 e. The Kier molecular flexibility index (Phi) is 5.35. The summed E-state index contributed by atoms with van der Waals surface area (Å²) in [6.45, 7) is 3.55. The third-order valence-electron chi connectivity index (χ3n) is 3.38. The van der Waals surface area contributed by atoms with E-state index in [-0.39, 0.29) is 6.42 Å². The van der Waals surface area contributed by atoms with Gasteiger partial charge in [0.25, 0.3) is 5.69 Å². The molecule has 0 aliphatic carbocycles. The van der Waals surface area contributed by atoms with Crippen LogP contribution in [-0.2, 0) is 6.18 Å². The standard InChI is InChI=1S/C16H13F4N3O2/c1-2-3-14(10-4-6-11(17)7-5-10)22-15-13(16(18,19)20)8-12(9-21-15)23(24)25/h2,4-9,14H,1,3H2,(H,21,22). The maximum absolute atomic E-state index is 13.2. The van der Waals surface area contributed by atoms with Crippen molar-refractivity contribution in [2.75, 3.05) is 5.32 Å². The lowest BCUT2D eigenvalue weighted by atomic mass is 10.0. The van der Waals surface area contributed by atoms with E-state index in [4.69, 9.17) is 0 Å². The summed E-state index contributed by atoms with van der Waals surface area (Å²) in [5.74, 6) is -1.03. The number of alkyl halides is 3. The first-order valence-corrected chi connectivity index (χ1v) is 7.07. The Labute approximate surface area is 140 Å². The molecule has 0 fully saturated rings. The molecule has 2 rings (SSSR count). The summed E-state index contributed by atoms with van der Waals surface area (Å²) in [6.07, 6.45) is -2.36. The van der Waals surface area contributed by atoms with Gasteiger partial charge in [-0.2, -0.15) is 13.2 Å². The van der Waals surface area contributed by atoms with Crippen LogP contribution in [-0.4, -0.2) is 9.91 Å². The van der Waals surface area contributed by atoms with Crippen molar-refractivity contribution in [3.8, 4) is 0 Å². The number of nitro groups is 1. The van der Waals surface area contributed by atoms with Crippen LogP contribution in [0.4, 0.5) is 29.1 Å². The third kappa shape index (κ3) is 4.52. The minimum Gasteiger partial charge on any atom is -0.362 e. The van der Waals surface area contributed by atoms with Crippen molar-refractivity contribution in [1.82, 2.24) is 4.98 Å². The van der Waals surface area contributed by atoms with Crippen LogP contribution in [0.15, 0.2) is 49.2 Å². The first-order valence-electron chi connectivity index (χ1n) is 7.07. The van der Waals surface area contributed by atoms with Gasteiger partial charge in [0.1, 0.15) is 23.4 Å². The summed E-state index contributed by atoms with van der Waals surface area (Å²) in [6, 6.07) is 4.98. The first kappa shape index (κ1) is 18.4. The number of halogens is 4. The zero-order valence-corrected chi connectivity index (χ0v) is 12.8. The first-order chi connectivity index (χ1) is 11.7. The monoisotopic (exact) mass is 355 g/mol. The number of nitrogens with one attached hydrogen (secondary N) is 1. The van der Waals surface area contributed by atoms with Gasteiger partial charge in [-0.1, -0.05) is 18.2 Å². The second-order valence-electron chi connectivity index (χ2n) is 5.12. The molecule has 1 heterocycles. The molecule has 0 saturated carbocycles. The van der Waals surface area contributed by atoms with Gasteiger partial charge in [0.05, 0.1) is 11.0 Å². The number of hydrogen-bond donors (Lipinski definition) is 1. The van der Waals surface area contributed by atoms with Gasteiger partial charge in [0.15, 0.2) is 0 Å². The van der Waals surface area contributed by atoms with Gasteiger partial charge >= 0.3 is 6.18 Å². The normalized spacial score (nSPS) is 12.5. The van der Waals surface area contributed by atoms with E-state index >= 15 is 0 Å². The lowest BCUT2D eigenvalue weighted by Crippen LogP contribution is -2.17. The fraction of sp³-hybridized carbons (Fsp3) is 0.188. The summed E-state index contributed by atoms with van der Waals surface area (Å²) in [4.78, 5) is 13.3. The van der Waals surface area contributed by atoms with Gasteiger partial charge in [-0.3, -0.25) is 10.1 Å². The lowest BCUT2D eigenvalue weighted by Gasteiger charge is -2.21. The Bertz CT molecular complexity index is 776. The number of benzene rings is 1. The van der Waals surface area contributed by atoms with Gasteiger partial charge in [0.2, 0.25) is 0 Å². The minimum absolute atomic E-state index is 0.238. The van der Waals surface area contributed by atoms with Crippen molar-refractivity contribution in [3.63, 3.8) is 0 Å². The Morgan fingerprint density at radius 1 is 1.32 bits per heavy atom. The number of rotatable bonds is 6. The molecule has 1 aromatic carbocycles. The Hall–Kier alpha value is -2.97. The van der Waals surface area contributed by atoms with E-state index in [9.17, 15) is 27.7 Å². The number of hydrogen-bond acceptors (Lipinski definition) is 4. The lowest BCUT2D eigenvalue weighted by molar-refractivity contribution is -0.385. The topological polar surface area (TPSA) is 68.1 Å². The fourth-order valence-electron chi connectivity index (χ4n) is 2.19. The second-order valence-corrected chi connectivity index (χ2v) is 5.12. The number of aromatic nitrogens is 1. The maximum atomic E-state index is 13.2. The van der Waals surface area contributed by atoms with Gasteiger partial charge in [-0.05, 0) is 24.1 Å². The Morgan fingerprint density at radius 3 is 2.48 bits per heavy atom. The van der Waals surface area contributed by atoms with E-state index in [0.29, 0.717) is 11.6 Å². The highest BCUT2D eigenvalue weighted by molar-refractivity contribution is 5.52. The molecule has 0 aliphatic rings. The summed E-state index contributed by atoms with van der Waals surface area (Å²) in [5.41, 5.74) is -1.49. The van der Waals surface area contributed by atoms with Gasteiger partial charge < -0.3 is 5.32 Å². The predicted octanol–water partition coefficient (Wildman–Crippen LogP) is 4.88. The summed E-state index contributed by atoms with van der Waals surface area (Å²) >= 11 is 0. The summed E-state index contributed by atoms with van der Waals surface area (Å²) < 4.78 is 52.7. The van der Waals surface area contributed by atoms with E-state index in [1.807, 2.05) is 0 Å². The largest absolute Gasteiger partial charge is 0.420 e. The van der Waals surface area contributed by atoms with Crippen molar-refractivity contribution < 1.29 is 22.5 Å². The molecule has 1 aromatic heterocycles. The van der Waals surface area contributed by atoms with Gasteiger partial charge in [0, 0.05) is 6.07 Å². The zero-order valence-electron chi connectivity index (χ0n) is 12.8. The third-order valence-corrected chi connectivity index (χ3v) is 3.38. The van der Waals surface area contributed by atoms with E-state index in [0.717, 1.165) is 6.20 Å². The fourth-order valence-corrected chi connectivity index (χ4v) is 2.19. The van der Waals surface area contributed by atoms with E-state index < -0.39 is 40.0 Å². The molecule has 1 atom stereocenters. The van der Waals surface area contributed by atoms with Crippen molar-refractivity contribution in [2.45, 2.75) is 18.6 Å².